The molecule has 0 bridgehead atoms. The number of rotatable bonds is 3. The van der Waals surface area contributed by atoms with Crippen molar-refractivity contribution in [1.82, 2.24) is 9.97 Å². The molecular formula is C24H23N3O. The SMILES string of the molecule is Cc1nc(N[C@@H]2CCCc3ccccc32)cc(-c2ccc3occ(C)c3c2)n1. The Kier molecular flexibility index (Phi) is 4.12. The topological polar surface area (TPSA) is 51.0 Å². The smallest absolute Gasteiger partial charge is 0.134 e. The molecule has 4 heteroatoms. The van der Waals surface area contributed by atoms with E-state index in [-0.39, 0.29) is 0 Å². The van der Waals surface area contributed by atoms with Gasteiger partial charge in [0.15, 0.2) is 0 Å². The Bertz CT molecular complexity index is 1160. The minimum absolute atomic E-state index is 0.297. The lowest BCUT2D eigenvalue weighted by atomic mass is 9.88. The summed E-state index contributed by atoms with van der Waals surface area (Å²) in [6.07, 6.45) is 5.28. The predicted octanol–water partition coefficient (Wildman–Crippen LogP) is 6.00. The average molecular weight is 369 g/mol. The summed E-state index contributed by atoms with van der Waals surface area (Å²) in [5.41, 5.74) is 6.89. The third-order valence-corrected chi connectivity index (χ3v) is 5.59. The zero-order chi connectivity index (χ0) is 19.1. The minimum Gasteiger partial charge on any atom is -0.464 e. The van der Waals surface area contributed by atoms with Gasteiger partial charge in [-0.1, -0.05) is 24.3 Å². The number of fused-ring (bicyclic) bond motifs is 2. The first-order valence-electron chi connectivity index (χ1n) is 9.85. The van der Waals surface area contributed by atoms with E-state index in [1.165, 1.54) is 17.5 Å². The van der Waals surface area contributed by atoms with Crippen LogP contribution < -0.4 is 5.32 Å². The second-order valence-corrected chi connectivity index (χ2v) is 7.60. The van der Waals surface area contributed by atoms with Crippen LogP contribution in [0.3, 0.4) is 0 Å². The van der Waals surface area contributed by atoms with Gasteiger partial charge in [0, 0.05) is 17.0 Å². The van der Waals surface area contributed by atoms with Gasteiger partial charge < -0.3 is 9.73 Å². The number of hydrogen-bond acceptors (Lipinski definition) is 4. The molecule has 140 valence electrons. The van der Waals surface area contributed by atoms with Crippen molar-refractivity contribution in [3.8, 4) is 11.3 Å². The van der Waals surface area contributed by atoms with E-state index in [9.17, 15) is 0 Å². The maximum atomic E-state index is 5.58. The number of benzene rings is 2. The normalized spacial score (nSPS) is 16.1. The Morgan fingerprint density at radius 1 is 1.04 bits per heavy atom. The highest BCUT2D eigenvalue weighted by molar-refractivity contribution is 5.85. The van der Waals surface area contributed by atoms with Gasteiger partial charge in [-0.3, -0.25) is 0 Å². The Morgan fingerprint density at radius 2 is 1.93 bits per heavy atom. The number of anilines is 1. The van der Waals surface area contributed by atoms with Crippen molar-refractivity contribution in [2.75, 3.05) is 5.32 Å². The highest BCUT2D eigenvalue weighted by Gasteiger charge is 2.20. The van der Waals surface area contributed by atoms with Crippen molar-refractivity contribution in [1.29, 1.82) is 0 Å². The predicted molar refractivity (Wildman–Crippen MR) is 112 cm³/mol. The van der Waals surface area contributed by atoms with Crippen LogP contribution in [-0.4, -0.2) is 9.97 Å². The lowest BCUT2D eigenvalue weighted by Crippen LogP contribution is -2.18. The molecule has 1 aliphatic rings. The number of hydrogen-bond donors (Lipinski definition) is 1. The standard InChI is InChI=1S/C24H23N3O/c1-15-14-28-23-11-10-18(12-20(15)23)22-13-24(26-16(2)25-22)27-21-9-5-7-17-6-3-4-8-19(17)21/h3-4,6,8,10-14,21H,5,7,9H2,1-2H3,(H,25,26,27)/t21-/m1/s1. The van der Waals surface area contributed by atoms with Crippen LogP contribution in [0, 0.1) is 13.8 Å². The Hall–Kier alpha value is -3.14. The van der Waals surface area contributed by atoms with E-state index in [2.05, 4.69) is 64.7 Å². The molecule has 1 N–H and O–H groups in total. The minimum atomic E-state index is 0.297. The summed E-state index contributed by atoms with van der Waals surface area (Å²) in [4.78, 5) is 9.34. The first-order valence-corrected chi connectivity index (χ1v) is 9.85. The van der Waals surface area contributed by atoms with E-state index < -0.39 is 0 Å². The zero-order valence-corrected chi connectivity index (χ0v) is 16.2. The number of aryl methyl sites for hydroxylation is 3. The monoisotopic (exact) mass is 369 g/mol. The van der Waals surface area contributed by atoms with Crippen LogP contribution in [0.5, 0.6) is 0 Å². The summed E-state index contributed by atoms with van der Waals surface area (Å²) in [5.74, 6) is 1.65. The summed E-state index contributed by atoms with van der Waals surface area (Å²) in [7, 11) is 0. The van der Waals surface area contributed by atoms with Crippen LogP contribution in [0.25, 0.3) is 22.2 Å². The van der Waals surface area contributed by atoms with E-state index in [0.29, 0.717) is 6.04 Å². The fourth-order valence-electron chi connectivity index (χ4n) is 4.19. The van der Waals surface area contributed by atoms with Crippen molar-refractivity contribution >= 4 is 16.8 Å². The van der Waals surface area contributed by atoms with Gasteiger partial charge in [-0.05, 0) is 68.0 Å². The highest BCUT2D eigenvalue weighted by Crippen LogP contribution is 2.33. The number of furan rings is 1. The summed E-state index contributed by atoms with van der Waals surface area (Å²) in [6.45, 7) is 4.01. The van der Waals surface area contributed by atoms with Gasteiger partial charge in [0.05, 0.1) is 18.0 Å². The molecule has 4 aromatic rings. The van der Waals surface area contributed by atoms with Crippen LogP contribution in [-0.2, 0) is 6.42 Å². The Morgan fingerprint density at radius 3 is 2.86 bits per heavy atom. The quantitative estimate of drug-likeness (QED) is 0.481. The zero-order valence-electron chi connectivity index (χ0n) is 16.2. The maximum absolute atomic E-state index is 5.58. The molecule has 28 heavy (non-hydrogen) atoms. The molecular weight excluding hydrogens is 346 g/mol. The Balaban J connectivity index is 1.50. The molecule has 2 aromatic heterocycles. The lowest BCUT2D eigenvalue weighted by Gasteiger charge is -2.27. The van der Waals surface area contributed by atoms with Gasteiger partial charge in [0.25, 0.3) is 0 Å². The van der Waals surface area contributed by atoms with Crippen molar-refractivity contribution < 1.29 is 4.42 Å². The van der Waals surface area contributed by atoms with Crippen LogP contribution in [0.15, 0.2) is 59.2 Å². The van der Waals surface area contributed by atoms with E-state index in [0.717, 1.165) is 52.3 Å². The maximum Gasteiger partial charge on any atom is 0.134 e. The van der Waals surface area contributed by atoms with Crippen molar-refractivity contribution in [3.05, 3.63) is 77.3 Å². The summed E-state index contributed by atoms with van der Waals surface area (Å²) < 4.78 is 5.58. The van der Waals surface area contributed by atoms with Gasteiger partial charge in [-0.15, -0.1) is 0 Å². The average Bonchev–Trinajstić information content (AvgIpc) is 3.08. The van der Waals surface area contributed by atoms with Gasteiger partial charge in [0.1, 0.15) is 17.2 Å². The first-order chi connectivity index (χ1) is 13.7. The second kappa shape index (κ2) is 6.79. The summed E-state index contributed by atoms with van der Waals surface area (Å²) >= 11 is 0. The second-order valence-electron chi connectivity index (χ2n) is 7.60. The fraction of sp³-hybridized carbons (Fsp3) is 0.250. The van der Waals surface area contributed by atoms with Crippen LogP contribution in [0.1, 0.15) is 41.4 Å². The van der Waals surface area contributed by atoms with Crippen molar-refractivity contribution in [2.24, 2.45) is 0 Å². The molecule has 1 atom stereocenters. The van der Waals surface area contributed by atoms with Gasteiger partial charge >= 0.3 is 0 Å². The molecule has 0 unspecified atom stereocenters. The fourth-order valence-corrected chi connectivity index (χ4v) is 4.19. The van der Waals surface area contributed by atoms with Crippen LogP contribution >= 0.6 is 0 Å². The van der Waals surface area contributed by atoms with Crippen LogP contribution in [0.2, 0.25) is 0 Å². The number of nitrogens with zero attached hydrogens (tertiary/aromatic N) is 2. The lowest BCUT2D eigenvalue weighted by molar-refractivity contribution is 0.598. The van der Waals surface area contributed by atoms with E-state index in [1.54, 1.807) is 6.26 Å². The molecule has 0 saturated carbocycles. The molecule has 4 nitrogen and oxygen atoms in total. The molecule has 0 spiro atoms. The molecule has 0 fully saturated rings. The molecule has 2 aromatic carbocycles. The molecule has 1 aliphatic carbocycles. The summed E-state index contributed by atoms with van der Waals surface area (Å²) in [6, 6.07) is 17.3. The van der Waals surface area contributed by atoms with E-state index >= 15 is 0 Å². The molecule has 0 radical (unpaired) electrons. The molecule has 0 amide bonds. The van der Waals surface area contributed by atoms with Gasteiger partial charge in [0.2, 0.25) is 0 Å². The molecule has 0 saturated heterocycles. The third kappa shape index (κ3) is 3.05. The number of nitrogens with one attached hydrogen (secondary N) is 1. The first kappa shape index (κ1) is 17.0. The Labute approximate surface area is 164 Å². The molecule has 2 heterocycles. The molecule has 5 rings (SSSR count). The third-order valence-electron chi connectivity index (χ3n) is 5.59. The van der Waals surface area contributed by atoms with Gasteiger partial charge in [-0.25, -0.2) is 9.97 Å². The van der Waals surface area contributed by atoms with E-state index in [4.69, 9.17) is 4.42 Å². The number of aromatic nitrogens is 2. The highest BCUT2D eigenvalue weighted by atomic mass is 16.3. The van der Waals surface area contributed by atoms with Crippen molar-refractivity contribution in [3.63, 3.8) is 0 Å². The van der Waals surface area contributed by atoms with Crippen LogP contribution in [0.4, 0.5) is 5.82 Å². The largest absolute Gasteiger partial charge is 0.464 e. The van der Waals surface area contributed by atoms with Crippen molar-refractivity contribution in [2.45, 2.75) is 39.2 Å². The molecule has 0 aliphatic heterocycles. The summed E-state index contributed by atoms with van der Waals surface area (Å²) in [5, 5.41) is 4.79. The van der Waals surface area contributed by atoms with E-state index in [1.807, 2.05) is 13.0 Å². The van der Waals surface area contributed by atoms with Gasteiger partial charge in [-0.2, -0.15) is 0 Å².